The van der Waals surface area contributed by atoms with Crippen LogP contribution in [0, 0.1) is 5.92 Å². The lowest BCUT2D eigenvalue weighted by atomic mass is 9.75. The first kappa shape index (κ1) is 13.0. The van der Waals surface area contributed by atoms with Crippen molar-refractivity contribution in [2.75, 3.05) is 7.11 Å². The molecule has 86 valence electrons. The van der Waals surface area contributed by atoms with E-state index in [1.54, 1.807) is 0 Å². The smallest absolute Gasteiger partial charge is 0.302 e. The molecule has 1 N–H and O–H groups in total. The highest BCUT2D eigenvalue weighted by molar-refractivity contribution is 7.47. The van der Waals surface area contributed by atoms with Crippen LogP contribution in [0.2, 0.25) is 5.82 Å². The van der Waals surface area contributed by atoms with Crippen molar-refractivity contribution in [3.05, 3.63) is 12.2 Å². The fourth-order valence-electron chi connectivity index (χ4n) is 1.81. The summed E-state index contributed by atoms with van der Waals surface area (Å²) in [5.74, 6) is 0.589. The number of allylic oxidation sites excluding steroid dienone is 1. The highest BCUT2D eigenvalue weighted by atomic mass is 31.2. The molecule has 0 amide bonds. The van der Waals surface area contributed by atoms with E-state index in [-0.39, 0.29) is 12.0 Å². The molecule has 0 aromatic rings. The number of hydrogen-bond acceptors (Lipinski definition) is 3. The van der Waals surface area contributed by atoms with Crippen molar-refractivity contribution in [3.63, 3.8) is 0 Å². The van der Waals surface area contributed by atoms with Crippen molar-refractivity contribution in [2.24, 2.45) is 5.92 Å². The van der Waals surface area contributed by atoms with Crippen molar-refractivity contribution >= 4 is 15.7 Å². The molecule has 6 heteroatoms. The normalized spacial score (nSPS) is 35.0. The summed E-state index contributed by atoms with van der Waals surface area (Å²) >= 11 is 0. The molecule has 0 fully saturated rings. The van der Waals surface area contributed by atoms with E-state index < -0.39 is 7.82 Å². The lowest BCUT2D eigenvalue weighted by Gasteiger charge is -2.30. The molecule has 15 heavy (non-hydrogen) atoms. The van der Waals surface area contributed by atoms with Crippen LogP contribution in [0.15, 0.2) is 12.2 Å². The first-order valence-electron chi connectivity index (χ1n) is 5.23. The number of rotatable bonds is 4. The Hall–Kier alpha value is -0.0851. The second-order valence-electron chi connectivity index (χ2n) is 3.96. The zero-order valence-corrected chi connectivity index (χ0v) is 10.3. The number of hydrogen-bond donors (Lipinski definition) is 1. The summed E-state index contributed by atoms with van der Waals surface area (Å²) in [6.07, 6.45) is 5.64. The zero-order chi connectivity index (χ0) is 11.5. The number of phosphoric acid groups is 1. The van der Waals surface area contributed by atoms with Gasteiger partial charge in [0.1, 0.15) is 7.85 Å². The molecule has 4 unspecified atom stereocenters. The van der Waals surface area contributed by atoms with Gasteiger partial charge in [-0.05, 0) is 18.7 Å². The first-order chi connectivity index (χ1) is 6.98. The van der Waals surface area contributed by atoms with Gasteiger partial charge in [0.2, 0.25) is 0 Å². The Labute approximate surface area is 91.7 Å². The van der Waals surface area contributed by atoms with Crippen LogP contribution in [-0.4, -0.2) is 26.0 Å². The third-order valence-electron chi connectivity index (χ3n) is 2.74. The molecule has 0 saturated heterocycles. The summed E-state index contributed by atoms with van der Waals surface area (Å²) in [6, 6.07) is 0. The van der Waals surface area contributed by atoms with Crippen LogP contribution in [-0.2, 0) is 13.6 Å². The molecule has 0 spiro atoms. The topological polar surface area (TPSA) is 55.8 Å². The van der Waals surface area contributed by atoms with Crippen LogP contribution in [0.1, 0.15) is 19.8 Å². The van der Waals surface area contributed by atoms with Gasteiger partial charge in [0, 0.05) is 13.0 Å². The van der Waals surface area contributed by atoms with Crippen molar-refractivity contribution in [1.82, 2.24) is 0 Å². The van der Waals surface area contributed by atoms with Gasteiger partial charge in [0.05, 0.1) is 6.10 Å². The molecule has 0 aliphatic heterocycles. The summed E-state index contributed by atoms with van der Waals surface area (Å²) < 4.78 is 20.9. The lowest BCUT2D eigenvalue weighted by molar-refractivity contribution is 0.0827. The Balaban J connectivity index is 2.67. The van der Waals surface area contributed by atoms with Gasteiger partial charge in [-0.25, -0.2) is 4.57 Å². The van der Waals surface area contributed by atoms with Crippen LogP contribution in [0.25, 0.3) is 0 Å². The molecular weight excluding hydrogens is 214 g/mol. The molecule has 0 aromatic carbocycles. The van der Waals surface area contributed by atoms with E-state index in [1.165, 1.54) is 7.11 Å². The molecule has 0 heterocycles. The number of phosphoric ester groups is 1. The molecule has 0 bridgehead atoms. The van der Waals surface area contributed by atoms with Crippen LogP contribution >= 0.6 is 7.82 Å². The van der Waals surface area contributed by atoms with E-state index >= 15 is 0 Å². The highest BCUT2D eigenvalue weighted by Crippen LogP contribution is 2.47. The van der Waals surface area contributed by atoms with Crippen molar-refractivity contribution in [1.29, 1.82) is 0 Å². The quantitative estimate of drug-likeness (QED) is 0.453. The average Bonchev–Trinajstić information content (AvgIpc) is 2.18. The standard InChI is InChI=1S/C9H18BO4P/c1-3-7-4-5-8(10)6-9(7)14-15(11,12)13-2/h4-5,7-9H,3,6,10H2,1-2H3,(H,11,12). The van der Waals surface area contributed by atoms with E-state index in [2.05, 4.69) is 24.5 Å². The van der Waals surface area contributed by atoms with Gasteiger partial charge in [-0.1, -0.05) is 19.1 Å². The highest BCUT2D eigenvalue weighted by Gasteiger charge is 2.31. The third-order valence-corrected chi connectivity index (χ3v) is 3.74. The average molecular weight is 232 g/mol. The van der Waals surface area contributed by atoms with Gasteiger partial charge in [0.25, 0.3) is 0 Å². The summed E-state index contributed by atoms with van der Waals surface area (Å²) in [5.41, 5.74) is 0. The van der Waals surface area contributed by atoms with Gasteiger partial charge in [-0.3, -0.25) is 9.05 Å². The maximum absolute atomic E-state index is 11.3. The van der Waals surface area contributed by atoms with Crippen LogP contribution in [0.3, 0.4) is 0 Å². The van der Waals surface area contributed by atoms with E-state index in [0.717, 1.165) is 12.8 Å². The predicted octanol–water partition coefficient (Wildman–Crippen LogP) is 1.53. The molecule has 0 saturated carbocycles. The fourth-order valence-corrected chi connectivity index (χ4v) is 2.48. The van der Waals surface area contributed by atoms with Gasteiger partial charge in [-0.2, -0.15) is 0 Å². The van der Waals surface area contributed by atoms with E-state index in [9.17, 15) is 9.46 Å². The summed E-state index contributed by atoms with van der Waals surface area (Å²) in [6.45, 7) is 2.04. The summed E-state index contributed by atoms with van der Waals surface area (Å²) in [5, 5.41) is 0. The van der Waals surface area contributed by atoms with Gasteiger partial charge < -0.3 is 4.89 Å². The molecule has 0 aromatic heterocycles. The van der Waals surface area contributed by atoms with Gasteiger partial charge in [-0.15, -0.1) is 0 Å². The molecule has 4 nitrogen and oxygen atoms in total. The zero-order valence-electron chi connectivity index (χ0n) is 9.42. The van der Waals surface area contributed by atoms with Crippen LogP contribution in [0.4, 0.5) is 0 Å². The molecule has 1 aliphatic carbocycles. The Morgan fingerprint density at radius 2 is 2.27 bits per heavy atom. The fraction of sp³-hybridized carbons (Fsp3) is 0.778. The Morgan fingerprint density at radius 3 is 2.80 bits per heavy atom. The predicted molar refractivity (Wildman–Crippen MR) is 61.5 cm³/mol. The SMILES string of the molecule is BC1C=CC(CC)C(OP(=O)(O)OC)C1. The largest absolute Gasteiger partial charge is 0.472 e. The van der Waals surface area contributed by atoms with E-state index in [0.29, 0.717) is 5.82 Å². The monoisotopic (exact) mass is 232 g/mol. The maximum Gasteiger partial charge on any atom is 0.472 e. The second-order valence-corrected chi connectivity index (χ2v) is 5.48. The van der Waals surface area contributed by atoms with Gasteiger partial charge >= 0.3 is 7.82 Å². The molecule has 1 aliphatic rings. The van der Waals surface area contributed by atoms with Crippen molar-refractivity contribution < 1.29 is 18.5 Å². The summed E-state index contributed by atoms with van der Waals surface area (Å²) in [7, 11) is -0.605. The lowest BCUT2D eigenvalue weighted by Crippen LogP contribution is -2.26. The van der Waals surface area contributed by atoms with Crippen molar-refractivity contribution in [3.8, 4) is 0 Å². The second kappa shape index (κ2) is 5.31. The molecule has 4 atom stereocenters. The Kier molecular flexibility index (Phi) is 4.59. The maximum atomic E-state index is 11.3. The minimum atomic E-state index is -3.85. The van der Waals surface area contributed by atoms with E-state index in [4.69, 9.17) is 4.52 Å². The first-order valence-corrected chi connectivity index (χ1v) is 6.73. The molecule has 1 rings (SSSR count). The molecule has 0 radical (unpaired) electrons. The third kappa shape index (κ3) is 3.76. The Bertz CT molecular complexity index is 281. The Morgan fingerprint density at radius 1 is 1.60 bits per heavy atom. The van der Waals surface area contributed by atoms with Gasteiger partial charge in [0.15, 0.2) is 0 Å². The minimum Gasteiger partial charge on any atom is -0.302 e. The van der Waals surface area contributed by atoms with Crippen LogP contribution < -0.4 is 0 Å². The van der Waals surface area contributed by atoms with Crippen LogP contribution in [0.5, 0.6) is 0 Å². The minimum absolute atomic E-state index is 0.205. The van der Waals surface area contributed by atoms with Crippen molar-refractivity contribution in [2.45, 2.75) is 31.7 Å². The molecular formula is C9H18BO4P. The summed E-state index contributed by atoms with van der Waals surface area (Å²) in [4.78, 5) is 9.26. The van der Waals surface area contributed by atoms with E-state index in [1.807, 2.05) is 6.92 Å².